The molecule has 3 rings (SSSR count). The van der Waals surface area contributed by atoms with Gasteiger partial charge in [-0.15, -0.1) is 24.0 Å². The molecular weight excluding hydrogens is 439 g/mol. The first-order valence-corrected chi connectivity index (χ1v) is 9.53. The van der Waals surface area contributed by atoms with Crippen LogP contribution in [0.1, 0.15) is 24.8 Å². The zero-order chi connectivity index (χ0) is 17.5. The lowest BCUT2D eigenvalue weighted by atomic mass is 10.1. The number of nitrogens with zero attached hydrogens (tertiary/aromatic N) is 3. The van der Waals surface area contributed by atoms with Gasteiger partial charge in [-0.05, 0) is 38.4 Å². The van der Waals surface area contributed by atoms with Gasteiger partial charge in [-0.1, -0.05) is 30.3 Å². The summed E-state index contributed by atoms with van der Waals surface area (Å²) in [6.45, 7) is 5.85. The number of hydrogen-bond donors (Lipinski definition) is 1. The summed E-state index contributed by atoms with van der Waals surface area (Å²) in [5.41, 5.74) is 1.25. The highest BCUT2D eigenvalue weighted by molar-refractivity contribution is 14.0. The third-order valence-corrected chi connectivity index (χ3v) is 5.43. The third kappa shape index (κ3) is 6.09. The van der Waals surface area contributed by atoms with Crippen LogP contribution in [-0.2, 0) is 11.3 Å². The molecule has 0 spiro atoms. The molecule has 1 N–H and O–H groups in total. The zero-order valence-corrected chi connectivity index (χ0v) is 18.4. The summed E-state index contributed by atoms with van der Waals surface area (Å²) < 4.78 is 5.93. The number of ether oxygens (including phenoxy) is 1. The topological polar surface area (TPSA) is 40.1 Å². The van der Waals surface area contributed by atoms with Crippen LogP contribution in [0.2, 0.25) is 0 Å². The minimum absolute atomic E-state index is 0. The van der Waals surface area contributed by atoms with Crippen molar-refractivity contribution >= 4 is 29.9 Å². The highest BCUT2D eigenvalue weighted by Gasteiger charge is 2.26. The maximum Gasteiger partial charge on any atom is 0.193 e. The van der Waals surface area contributed by atoms with E-state index in [0.29, 0.717) is 18.6 Å². The molecule has 2 saturated heterocycles. The van der Waals surface area contributed by atoms with Crippen LogP contribution in [0.5, 0.6) is 0 Å². The van der Waals surface area contributed by atoms with E-state index >= 15 is 0 Å². The monoisotopic (exact) mass is 472 g/mol. The Balaban J connectivity index is 0.00000243. The standard InChI is InChI=1S/C20H32N4O.HI/c1-21-20(22-13-19-9-6-11-23(19)2)24-12-10-18(14-24)16-25-15-17-7-4-3-5-8-17;/h3-5,7-8,18-19H,6,9-16H2,1-2H3,(H,21,22);1H. The first kappa shape index (κ1) is 21.4. The molecule has 0 amide bonds. The summed E-state index contributed by atoms with van der Waals surface area (Å²) in [6, 6.07) is 11.0. The normalized spacial score (nSPS) is 23.9. The van der Waals surface area contributed by atoms with Crippen LogP contribution in [0.25, 0.3) is 0 Å². The van der Waals surface area contributed by atoms with Crippen LogP contribution in [0, 0.1) is 5.92 Å². The zero-order valence-electron chi connectivity index (χ0n) is 16.1. The Hall–Kier alpha value is -0.860. The molecule has 146 valence electrons. The molecule has 1 aromatic rings. The van der Waals surface area contributed by atoms with E-state index in [1.807, 2.05) is 13.1 Å². The molecule has 0 bridgehead atoms. The van der Waals surface area contributed by atoms with Gasteiger partial charge in [0.1, 0.15) is 0 Å². The van der Waals surface area contributed by atoms with E-state index in [1.54, 1.807) is 0 Å². The van der Waals surface area contributed by atoms with E-state index in [1.165, 1.54) is 31.4 Å². The number of likely N-dealkylation sites (tertiary alicyclic amines) is 2. The van der Waals surface area contributed by atoms with Gasteiger partial charge in [0.2, 0.25) is 0 Å². The second-order valence-electron chi connectivity index (χ2n) is 7.31. The molecule has 0 aromatic heterocycles. The van der Waals surface area contributed by atoms with E-state index < -0.39 is 0 Å². The van der Waals surface area contributed by atoms with Crippen molar-refractivity contribution < 1.29 is 4.74 Å². The molecular formula is C20H33IN4O. The number of halogens is 1. The lowest BCUT2D eigenvalue weighted by Crippen LogP contribution is -2.45. The quantitative estimate of drug-likeness (QED) is 0.393. The van der Waals surface area contributed by atoms with Crippen molar-refractivity contribution in [1.29, 1.82) is 0 Å². The van der Waals surface area contributed by atoms with E-state index in [0.717, 1.165) is 32.2 Å². The van der Waals surface area contributed by atoms with Crippen molar-refractivity contribution in [3.8, 4) is 0 Å². The number of hydrogen-bond acceptors (Lipinski definition) is 3. The lowest BCUT2D eigenvalue weighted by Gasteiger charge is -2.25. The first-order valence-electron chi connectivity index (χ1n) is 9.53. The van der Waals surface area contributed by atoms with Gasteiger partial charge in [0.05, 0.1) is 13.2 Å². The first-order chi connectivity index (χ1) is 12.3. The van der Waals surface area contributed by atoms with Crippen LogP contribution < -0.4 is 5.32 Å². The minimum Gasteiger partial charge on any atom is -0.376 e. The molecule has 0 aliphatic carbocycles. The van der Waals surface area contributed by atoms with E-state index in [-0.39, 0.29) is 24.0 Å². The number of benzene rings is 1. The van der Waals surface area contributed by atoms with Crippen molar-refractivity contribution in [3.05, 3.63) is 35.9 Å². The van der Waals surface area contributed by atoms with Gasteiger partial charge in [-0.3, -0.25) is 4.99 Å². The van der Waals surface area contributed by atoms with Crippen molar-refractivity contribution in [2.75, 3.05) is 46.9 Å². The predicted octanol–water partition coefficient (Wildman–Crippen LogP) is 2.81. The molecule has 2 heterocycles. The maximum absolute atomic E-state index is 5.93. The number of aliphatic imine (C=N–C) groups is 1. The highest BCUT2D eigenvalue weighted by atomic mass is 127. The summed E-state index contributed by atoms with van der Waals surface area (Å²) in [7, 11) is 4.11. The van der Waals surface area contributed by atoms with Crippen LogP contribution >= 0.6 is 24.0 Å². The largest absolute Gasteiger partial charge is 0.376 e. The second-order valence-corrected chi connectivity index (χ2v) is 7.31. The molecule has 6 heteroatoms. The summed E-state index contributed by atoms with van der Waals surface area (Å²) >= 11 is 0. The second kappa shape index (κ2) is 11.1. The fraction of sp³-hybridized carbons (Fsp3) is 0.650. The molecule has 2 fully saturated rings. The Bertz CT molecular complexity index is 554. The fourth-order valence-corrected chi connectivity index (χ4v) is 3.86. The number of nitrogens with one attached hydrogen (secondary N) is 1. The van der Waals surface area contributed by atoms with E-state index in [2.05, 4.69) is 51.4 Å². The average Bonchev–Trinajstić information content (AvgIpc) is 3.26. The molecule has 5 nitrogen and oxygen atoms in total. The van der Waals surface area contributed by atoms with Gasteiger partial charge in [-0.25, -0.2) is 0 Å². The third-order valence-electron chi connectivity index (χ3n) is 5.43. The van der Waals surface area contributed by atoms with E-state index in [4.69, 9.17) is 4.74 Å². The van der Waals surface area contributed by atoms with Gasteiger partial charge in [-0.2, -0.15) is 0 Å². The van der Waals surface area contributed by atoms with Gasteiger partial charge >= 0.3 is 0 Å². The van der Waals surface area contributed by atoms with Crippen LogP contribution in [0.15, 0.2) is 35.3 Å². The van der Waals surface area contributed by atoms with Crippen molar-refractivity contribution in [1.82, 2.24) is 15.1 Å². The van der Waals surface area contributed by atoms with E-state index in [9.17, 15) is 0 Å². The Morgan fingerprint density at radius 1 is 1.23 bits per heavy atom. The molecule has 0 saturated carbocycles. The Labute approximate surface area is 175 Å². The van der Waals surface area contributed by atoms with Crippen molar-refractivity contribution in [2.24, 2.45) is 10.9 Å². The summed E-state index contributed by atoms with van der Waals surface area (Å²) in [5.74, 6) is 1.64. The SMILES string of the molecule is CN=C(NCC1CCCN1C)N1CCC(COCc2ccccc2)C1.I. The molecule has 26 heavy (non-hydrogen) atoms. The fourth-order valence-electron chi connectivity index (χ4n) is 3.86. The lowest BCUT2D eigenvalue weighted by molar-refractivity contribution is 0.0906. The van der Waals surface area contributed by atoms with Crippen LogP contribution in [0.4, 0.5) is 0 Å². The Kier molecular flexibility index (Phi) is 9.15. The van der Waals surface area contributed by atoms with Gasteiger partial charge in [0.15, 0.2) is 5.96 Å². The Morgan fingerprint density at radius 3 is 2.73 bits per heavy atom. The van der Waals surface area contributed by atoms with Gasteiger partial charge in [0.25, 0.3) is 0 Å². The van der Waals surface area contributed by atoms with Gasteiger partial charge < -0.3 is 19.9 Å². The summed E-state index contributed by atoms with van der Waals surface area (Å²) in [4.78, 5) is 9.32. The van der Waals surface area contributed by atoms with Crippen LogP contribution in [0.3, 0.4) is 0 Å². The number of likely N-dealkylation sites (N-methyl/N-ethyl adjacent to an activating group) is 1. The van der Waals surface area contributed by atoms with Crippen molar-refractivity contribution in [2.45, 2.75) is 31.9 Å². The Morgan fingerprint density at radius 2 is 2.04 bits per heavy atom. The summed E-state index contributed by atoms with van der Waals surface area (Å²) in [6.07, 6.45) is 3.78. The van der Waals surface area contributed by atoms with Crippen molar-refractivity contribution in [3.63, 3.8) is 0 Å². The highest BCUT2D eigenvalue weighted by Crippen LogP contribution is 2.18. The molecule has 2 aliphatic heterocycles. The molecule has 2 aliphatic rings. The van der Waals surface area contributed by atoms with Gasteiger partial charge in [0, 0.05) is 38.6 Å². The maximum atomic E-state index is 5.93. The summed E-state index contributed by atoms with van der Waals surface area (Å²) in [5, 5.41) is 3.58. The molecule has 1 aromatic carbocycles. The average molecular weight is 472 g/mol. The smallest absolute Gasteiger partial charge is 0.193 e. The number of rotatable bonds is 6. The molecule has 2 unspecified atom stereocenters. The molecule has 0 radical (unpaired) electrons. The predicted molar refractivity (Wildman–Crippen MR) is 118 cm³/mol. The minimum atomic E-state index is 0. The number of guanidine groups is 1. The molecule has 2 atom stereocenters. The van der Waals surface area contributed by atoms with Crippen LogP contribution in [-0.4, -0.2) is 68.7 Å².